The molecule has 2 heteroatoms. The Morgan fingerprint density at radius 1 is 1.00 bits per heavy atom. The Labute approximate surface area is 127 Å². The van der Waals surface area contributed by atoms with Crippen molar-refractivity contribution in [2.75, 3.05) is 26.2 Å². The molecule has 1 rings (SSSR count). The summed E-state index contributed by atoms with van der Waals surface area (Å²) in [6, 6.07) is 0.769. The van der Waals surface area contributed by atoms with Crippen molar-refractivity contribution in [1.29, 1.82) is 0 Å². The van der Waals surface area contributed by atoms with Gasteiger partial charge < -0.3 is 10.2 Å². The highest BCUT2D eigenvalue weighted by atomic mass is 15.1. The Hall–Kier alpha value is -0.0800. The summed E-state index contributed by atoms with van der Waals surface area (Å²) in [5.41, 5.74) is 0. The van der Waals surface area contributed by atoms with E-state index in [4.69, 9.17) is 0 Å². The number of nitrogens with one attached hydrogen (secondary N) is 1. The first-order valence-corrected chi connectivity index (χ1v) is 8.98. The molecular weight excluding hydrogens is 244 g/mol. The van der Waals surface area contributed by atoms with Gasteiger partial charge in [-0.2, -0.15) is 0 Å². The van der Waals surface area contributed by atoms with Gasteiger partial charge in [-0.1, -0.05) is 47.5 Å². The van der Waals surface area contributed by atoms with E-state index in [0.29, 0.717) is 0 Å². The van der Waals surface area contributed by atoms with Crippen LogP contribution in [0.2, 0.25) is 0 Å². The van der Waals surface area contributed by atoms with Crippen LogP contribution < -0.4 is 5.32 Å². The molecule has 1 fully saturated rings. The first-order valence-electron chi connectivity index (χ1n) is 8.98. The summed E-state index contributed by atoms with van der Waals surface area (Å²) < 4.78 is 0. The summed E-state index contributed by atoms with van der Waals surface area (Å²) in [5, 5.41) is 3.81. The van der Waals surface area contributed by atoms with Gasteiger partial charge >= 0.3 is 0 Å². The monoisotopic (exact) mass is 282 g/mol. The third kappa shape index (κ3) is 7.08. The lowest BCUT2D eigenvalue weighted by atomic mass is 9.83. The van der Waals surface area contributed by atoms with Gasteiger partial charge in [0.25, 0.3) is 0 Å². The molecule has 1 aliphatic rings. The lowest BCUT2D eigenvalue weighted by Gasteiger charge is -2.37. The second-order valence-electron chi connectivity index (χ2n) is 7.61. The highest BCUT2D eigenvalue weighted by molar-refractivity contribution is 4.83. The van der Waals surface area contributed by atoms with E-state index < -0.39 is 0 Å². The highest BCUT2D eigenvalue weighted by Crippen LogP contribution is 2.26. The van der Waals surface area contributed by atoms with E-state index in [-0.39, 0.29) is 0 Å². The van der Waals surface area contributed by atoms with Crippen molar-refractivity contribution in [1.82, 2.24) is 10.2 Å². The zero-order valence-electron chi connectivity index (χ0n) is 14.6. The maximum absolute atomic E-state index is 3.81. The molecule has 120 valence electrons. The molecule has 20 heavy (non-hydrogen) atoms. The number of nitrogens with zero attached hydrogens (tertiary/aromatic N) is 1. The Balaban J connectivity index is 2.53. The van der Waals surface area contributed by atoms with Crippen molar-refractivity contribution in [3.05, 3.63) is 0 Å². The van der Waals surface area contributed by atoms with Gasteiger partial charge in [0.1, 0.15) is 0 Å². The molecule has 2 unspecified atom stereocenters. The molecule has 0 heterocycles. The predicted octanol–water partition coefficient (Wildman–Crippen LogP) is 4.16. The van der Waals surface area contributed by atoms with Crippen molar-refractivity contribution in [2.24, 2.45) is 17.8 Å². The molecular formula is C18H38N2. The normalized spacial score (nSPS) is 24.0. The van der Waals surface area contributed by atoms with E-state index in [1.165, 1.54) is 58.3 Å². The first kappa shape index (κ1) is 18.0. The van der Waals surface area contributed by atoms with Gasteiger partial charge in [-0.05, 0) is 43.6 Å². The smallest absolute Gasteiger partial charge is 0.0107 e. The van der Waals surface area contributed by atoms with Gasteiger partial charge in [0.05, 0.1) is 0 Å². The van der Waals surface area contributed by atoms with Gasteiger partial charge in [0.15, 0.2) is 0 Å². The van der Waals surface area contributed by atoms with Gasteiger partial charge in [-0.25, -0.2) is 0 Å². The van der Waals surface area contributed by atoms with Crippen LogP contribution in [0.5, 0.6) is 0 Å². The molecule has 1 aliphatic carbocycles. The number of hydrogen-bond acceptors (Lipinski definition) is 2. The summed E-state index contributed by atoms with van der Waals surface area (Å²) >= 11 is 0. The first-order chi connectivity index (χ1) is 9.52. The van der Waals surface area contributed by atoms with Crippen LogP contribution >= 0.6 is 0 Å². The van der Waals surface area contributed by atoms with Crippen LogP contribution in [0.3, 0.4) is 0 Å². The lowest BCUT2D eigenvalue weighted by Crippen LogP contribution is -2.46. The summed E-state index contributed by atoms with van der Waals surface area (Å²) in [5.74, 6) is 2.42. The molecule has 0 aromatic rings. The molecule has 0 bridgehead atoms. The van der Waals surface area contributed by atoms with Crippen LogP contribution in [0.1, 0.15) is 66.7 Å². The van der Waals surface area contributed by atoms with E-state index in [1.54, 1.807) is 0 Å². The Morgan fingerprint density at radius 2 is 1.60 bits per heavy atom. The van der Waals surface area contributed by atoms with Gasteiger partial charge in [0.2, 0.25) is 0 Å². The van der Waals surface area contributed by atoms with Crippen LogP contribution in [0.15, 0.2) is 0 Å². The second-order valence-corrected chi connectivity index (χ2v) is 7.61. The lowest BCUT2D eigenvalue weighted by molar-refractivity contribution is 0.144. The zero-order chi connectivity index (χ0) is 15.0. The molecule has 1 saturated carbocycles. The number of hydrogen-bond donors (Lipinski definition) is 1. The van der Waals surface area contributed by atoms with Crippen molar-refractivity contribution in [3.63, 3.8) is 0 Å². The molecule has 0 aliphatic heterocycles. The SMILES string of the molecule is CCCNC1CCCCC1CN(CC(C)C)CC(C)C. The molecule has 2 atom stereocenters. The van der Waals surface area contributed by atoms with E-state index in [9.17, 15) is 0 Å². The molecule has 0 aromatic carbocycles. The maximum atomic E-state index is 3.81. The van der Waals surface area contributed by atoms with Gasteiger partial charge in [-0.15, -0.1) is 0 Å². The molecule has 1 N–H and O–H groups in total. The summed E-state index contributed by atoms with van der Waals surface area (Å²) in [6.07, 6.45) is 6.93. The molecule has 0 saturated heterocycles. The highest BCUT2D eigenvalue weighted by Gasteiger charge is 2.26. The summed E-state index contributed by atoms with van der Waals surface area (Å²) in [7, 11) is 0. The Bertz CT molecular complexity index is 228. The average Bonchev–Trinajstić information content (AvgIpc) is 2.36. The Kier molecular flexibility index (Phi) is 8.79. The second kappa shape index (κ2) is 9.78. The fourth-order valence-electron chi connectivity index (χ4n) is 3.61. The minimum Gasteiger partial charge on any atom is -0.314 e. The quantitative estimate of drug-likeness (QED) is 0.683. The van der Waals surface area contributed by atoms with Crippen molar-refractivity contribution < 1.29 is 0 Å². The van der Waals surface area contributed by atoms with E-state index in [1.807, 2.05) is 0 Å². The fourth-order valence-corrected chi connectivity index (χ4v) is 3.61. The Morgan fingerprint density at radius 3 is 2.15 bits per heavy atom. The van der Waals surface area contributed by atoms with E-state index in [2.05, 4.69) is 44.8 Å². The molecule has 0 amide bonds. The standard InChI is InChI=1S/C18H38N2/c1-6-11-19-18-10-8-7-9-17(18)14-20(12-15(2)3)13-16(4)5/h15-19H,6-14H2,1-5H3. The third-order valence-electron chi connectivity index (χ3n) is 4.31. The average molecular weight is 283 g/mol. The maximum Gasteiger partial charge on any atom is 0.0107 e. The van der Waals surface area contributed by atoms with Crippen LogP contribution in [0.25, 0.3) is 0 Å². The van der Waals surface area contributed by atoms with Crippen LogP contribution in [-0.2, 0) is 0 Å². The van der Waals surface area contributed by atoms with Gasteiger partial charge in [-0.3, -0.25) is 0 Å². The minimum absolute atomic E-state index is 0.769. The van der Waals surface area contributed by atoms with Crippen molar-refractivity contribution >= 4 is 0 Å². The molecule has 0 spiro atoms. The van der Waals surface area contributed by atoms with E-state index >= 15 is 0 Å². The summed E-state index contributed by atoms with van der Waals surface area (Å²) in [6.45, 7) is 16.7. The van der Waals surface area contributed by atoms with Crippen molar-refractivity contribution in [2.45, 2.75) is 72.8 Å². The predicted molar refractivity (Wildman–Crippen MR) is 90.2 cm³/mol. The van der Waals surface area contributed by atoms with Crippen LogP contribution in [-0.4, -0.2) is 37.1 Å². The molecule has 2 nitrogen and oxygen atoms in total. The molecule has 0 aromatic heterocycles. The van der Waals surface area contributed by atoms with E-state index in [0.717, 1.165) is 23.8 Å². The summed E-state index contributed by atoms with van der Waals surface area (Å²) in [4.78, 5) is 2.73. The topological polar surface area (TPSA) is 15.3 Å². The molecule has 0 radical (unpaired) electrons. The fraction of sp³-hybridized carbons (Fsp3) is 1.00. The minimum atomic E-state index is 0.769. The van der Waals surface area contributed by atoms with Gasteiger partial charge in [0, 0.05) is 25.7 Å². The number of rotatable bonds is 9. The van der Waals surface area contributed by atoms with Crippen molar-refractivity contribution in [3.8, 4) is 0 Å². The largest absolute Gasteiger partial charge is 0.314 e. The third-order valence-corrected chi connectivity index (χ3v) is 4.31. The van der Waals surface area contributed by atoms with Crippen LogP contribution in [0.4, 0.5) is 0 Å². The zero-order valence-corrected chi connectivity index (χ0v) is 14.6. The van der Waals surface area contributed by atoms with Crippen LogP contribution in [0, 0.1) is 17.8 Å².